The van der Waals surface area contributed by atoms with Crippen LogP contribution in [0.3, 0.4) is 0 Å². The molecule has 0 aliphatic heterocycles. The molecule has 10 nitrogen and oxygen atoms in total. The molecule has 0 fully saturated rings. The molecule has 11 heteroatoms. The van der Waals surface area contributed by atoms with Gasteiger partial charge in [-0.25, -0.2) is 4.79 Å². The van der Waals surface area contributed by atoms with E-state index in [1.54, 1.807) is 25.1 Å². The van der Waals surface area contributed by atoms with Gasteiger partial charge in [-0.1, -0.05) is 18.1 Å². The maximum Gasteiger partial charge on any atom is 0.319 e. The molecule has 0 saturated heterocycles. The monoisotopic (exact) mass is 382 g/mol. The van der Waals surface area contributed by atoms with Gasteiger partial charge in [-0.05, 0) is 31.5 Å². The van der Waals surface area contributed by atoms with Gasteiger partial charge in [0.1, 0.15) is 6.04 Å². The molecule has 1 aromatic carbocycles. The Labute approximate surface area is 152 Å². The number of amides is 2. The van der Waals surface area contributed by atoms with Crippen molar-refractivity contribution in [3.8, 4) is 0 Å². The average Bonchev–Trinajstić information content (AvgIpc) is 2.98. The number of benzene rings is 1. The van der Waals surface area contributed by atoms with Crippen molar-refractivity contribution >= 4 is 27.6 Å². The lowest BCUT2D eigenvalue weighted by atomic mass is 10.2. The lowest BCUT2D eigenvalue weighted by Gasteiger charge is -2.15. The molecule has 1 atom stereocenters. The minimum absolute atomic E-state index is 0.327. The molecule has 0 radical (unpaired) electrons. The van der Waals surface area contributed by atoms with Crippen LogP contribution in [0.25, 0.3) is 0 Å². The van der Waals surface area contributed by atoms with E-state index in [1.807, 2.05) is 6.92 Å². The quantitative estimate of drug-likeness (QED) is 0.670. The average molecular weight is 382 g/mol. The number of carbonyl (C=O) groups excluding carboxylic acids is 1. The molecule has 1 aromatic heterocycles. The molecule has 0 spiro atoms. The Morgan fingerprint density at radius 1 is 1.31 bits per heavy atom. The lowest BCUT2D eigenvalue weighted by Crippen LogP contribution is -2.32. The fourth-order valence-corrected chi connectivity index (χ4v) is 2.63. The molecule has 0 saturated carbocycles. The summed E-state index contributed by atoms with van der Waals surface area (Å²) in [7, 11) is -0.788. The number of nitrogens with one attached hydrogen (secondary N) is 3. The van der Waals surface area contributed by atoms with Gasteiger partial charge in [0.25, 0.3) is 0 Å². The Hall–Kier alpha value is -2.66. The van der Waals surface area contributed by atoms with E-state index in [2.05, 4.69) is 25.5 Å². The fourth-order valence-electron chi connectivity index (χ4n) is 2.02. The van der Waals surface area contributed by atoms with E-state index in [9.17, 15) is 13.2 Å². The summed E-state index contributed by atoms with van der Waals surface area (Å²) in [6, 6.07) is 5.47. The van der Waals surface area contributed by atoms with Gasteiger partial charge in [0.15, 0.2) is 5.82 Å². The van der Waals surface area contributed by atoms with Gasteiger partial charge in [-0.15, -0.1) is 0 Å². The minimum atomic E-state index is -3.63. The minimum Gasteiger partial charge on any atom is -0.337 e. The van der Waals surface area contributed by atoms with Gasteiger partial charge in [0.2, 0.25) is 5.89 Å². The molecule has 0 bridgehead atoms. The van der Waals surface area contributed by atoms with E-state index in [1.165, 1.54) is 20.2 Å². The van der Waals surface area contributed by atoms with Crippen LogP contribution in [-0.2, 0) is 10.2 Å². The maximum atomic E-state index is 12.2. The highest BCUT2D eigenvalue weighted by atomic mass is 32.2. The van der Waals surface area contributed by atoms with Gasteiger partial charge in [0, 0.05) is 19.8 Å². The van der Waals surface area contributed by atoms with Crippen LogP contribution in [0, 0.1) is 6.92 Å². The zero-order valence-electron chi connectivity index (χ0n) is 15.0. The van der Waals surface area contributed by atoms with Crippen molar-refractivity contribution in [1.29, 1.82) is 0 Å². The van der Waals surface area contributed by atoms with Gasteiger partial charge in [-0.2, -0.15) is 17.7 Å². The van der Waals surface area contributed by atoms with Gasteiger partial charge < -0.3 is 15.2 Å². The summed E-state index contributed by atoms with van der Waals surface area (Å²) in [6.45, 7) is 3.57. The van der Waals surface area contributed by atoms with Crippen LogP contribution >= 0.6 is 0 Å². The van der Waals surface area contributed by atoms with Crippen LogP contribution < -0.4 is 15.4 Å². The van der Waals surface area contributed by atoms with E-state index in [0.29, 0.717) is 29.5 Å². The Morgan fingerprint density at radius 2 is 2.00 bits per heavy atom. The normalized spacial score (nSPS) is 12.7. The molecule has 26 heavy (non-hydrogen) atoms. The first-order valence-corrected chi connectivity index (χ1v) is 9.33. The van der Waals surface area contributed by atoms with Crippen LogP contribution in [0.5, 0.6) is 0 Å². The Balaban J connectivity index is 2.03. The Bertz CT molecular complexity index is 865. The molecular formula is C15H22N6O4S. The smallest absolute Gasteiger partial charge is 0.319 e. The number of rotatable bonds is 7. The predicted molar refractivity (Wildman–Crippen MR) is 96.9 cm³/mol. The number of urea groups is 1. The molecule has 1 unspecified atom stereocenters. The number of anilines is 2. The SMILES string of the molecule is CCC(NC(=O)Nc1cccc(NS(=O)(=O)N(C)C)c1)c1nc(C)no1. The number of hydrogen-bond acceptors (Lipinski definition) is 6. The third-order valence-electron chi connectivity index (χ3n) is 3.40. The molecular weight excluding hydrogens is 360 g/mol. The topological polar surface area (TPSA) is 129 Å². The van der Waals surface area contributed by atoms with Crippen LogP contribution in [0.1, 0.15) is 31.1 Å². The highest BCUT2D eigenvalue weighted by molar-refractivity contribution is 7.90. The van der Waals surface area contributed by atoms with Gasteiger partial charge in [-0.3, -0.25) is 4.72 Å². The van der Waals surface area contributed by atoms with Crippen molar-refractivity contribution in [2.24, 2.45) is 0 Å². The molecule has 2 amide bonds. The first kappa shape index (κ1) is 19.7. The summed E-state index contributed by atoms with van der Waals surface area (Å²) in [5.74, 6) is 0.814. The maximum absolute atomic E-state index is 12.2. The van der Waals surface area contributed by atoms with E-state index in [0.717, 1.165) is 4.31 Å². The van der Waals surface area contributed by atoms with Crippen molar-refractivity contribution in [1.82, 2.24) is 19.8 Å². The number of nitrogens with zero attached hydrogens (tertiary/aromatic N) is 3. The van der Waals surface area contributed by atoms with E-state index in [-0.39, 0.29) is 0 Å². The zero-order chi connectivity index (χ0) is 19.3. The number of hydrogen-bond donors (Lipinski definition) is 3. The van der Waals surface area contributed by atoms with Crippen LogP contribution in [0.15, 0.2) is 28.8 Å². The highest BCUT2D eigenvalue weighted by Gasteiger charge is 2.19. The van der Waals surface area contributed by atoms with Crippen molar-refractivity contribution < 1.29 is 17.7 Å². The summed E-state index contributed by atoms with van der Waals surface area (Å²) >= 11 is 0. The third-order valence-corrected chi connectivity index (χ3v) is 4.86. The van der Waals surface area contributed by atoms with Crippen molar-refractivity contribution in [2.45, 2.75) is 26.3 Å². The molecule has 142 valence electrons. The third kappa shape index (κ3) is 5.17. The Morgan fingerprint density at radius 3 is 2.58 bits per heavy atom. The summed E-state index contributed by atoms with van der Waals surface area (Å²) in [6.07, 6.45) is 0.567. The first-order chi connectivity index (χ1) is 12.2. The molecule has 2 rings (SSSR count). The fraction of sp³-hybridized carbons (Fsp3) is 0.400. The summed E-state index contributed by atoms with van der Waals surface area (Å²) in [5.41, 5.74) is 0.758. The molecule has 0 aliphatic carbocycles. The second kappa shape index (κ2) is 8.15. The van der Waals surface area contributed by atoms with Gasteiger partial charge >= 0.3 is 16.2 Å². The first-order valence-electron chi connectivity index (χ1n) is 7.89. The van der Waals surface area contributed by atoms with Crippen LogP contribution in [0.4, 0.5) is 16.2 Å². The van der Waals surface area contributed by atoms with E-state index in [4.69, 9.17) is 4.52 Å². The number of aromatic nitrogens is 2. The summed E-state index contributed by atoms with van der Waals surface area (Å²) < 4.78 is 32.3. The molecule has 1 heterocycles. The molecule has 0 aliphatic rings. The van der Waals surface area contributed by atoms with Crippen molar-refractivity contribution in [3.05, 3.63) is 36.0 Å². The summed E-state index contributed by atoms with van der Waals surface area (Å²) in [4.78, 5) is 16.3. The van der Waals surface area contributed by atoms with Crippen molar-refractivity contribution in [2.75, 3.05) is 24.1 Å². The molecule has 3 N–H and O–H groups in total. The summed E-state index contributed by atoms with van der Waals surface area (Å²) in [5, 5.41) is 9.10. The highest BCUT2D eigenvalue weighted by Crippen LogP contribution is 2.18. The second-order valence-corrected chi connectivity index (χ2v) is 7.59. The second-order valence-electron chi connectivity index (χ2n) is 5.71. The van der Waals surface area contributed by atoms with E-state index < -0.39 is 22.3 Å². The van der Waals surface area contributed by atoms with Crippen LogP contribution in [0.2, 0.25) is 0 Å². The van der Waals surface area contributed by atoms with Gasteiger partial charge in [0.05, 0.1) is 5.69 Å². The lowest BCUT2D eigenvalue weighted by molar-refractivity contribution is 0.243. The zero-order valence-corrected chi connectivity index (χ0v) is 15.8. The molecule has 2 aromatic rings. The largest absolute Gasteiger partial charge is 0.337 e. The predicted octanol–water partition coefficient (Wildman–Crippen LogP) is 1.87. The Kier molecular flexibility index (Phi) is 6.16. The number of aryl methyl sites for hydroxylation is 1. The van der Waals surface area contributed by atoms with E-state index >= 15 is 0 Å². The standard InChI is InChI=1S/C15H22N6O4S/c1-5-13(14-16-10(2)19-25-14)18-15(22)17-11-7-6-8-12(9-11)20-26(23,24)21(3)4/h6-9,13,20H,5H2,1-4H3,(H2,17,18,22). The van der Waals surface area contributed by atoms with Crippen LogP contribution in [-0.4, -0.2) is 43.0 Å². The van der Waals surface area contributed by atoms with Crippen molar-refractivity contribution in [3.63, 3.8) is 0 Å². The number of carbonyl (C=O) groups is 1.